The number of nitrogens with zero attached hydrogens (tertiary/aromatic N) is 5. The van der Waals surface area contributed by atoms with Gasteiger partial charge in [0.05, 0.1) is 11.6 Å². The maximum atomic E-state index is 10.0. The van der Waals surface area contributed by atoms with E-state index >= 15 is 0 Å². The number of furan rings is 1. The molecule has 0 saturated heterocycles. The van der Waals surface area contributed by atoms with E-state index in [0.717, 1.165) is 83.2 Å². The molecule has 13 rings (SSSR count). The van der Waals surface area contributed by atoms with Gasteiger partial charge in [-0.05, 0) is 133 Å². The van der Waals surface area contributed by atoms with Gasteiger partial charge in [-0.25, -0.2) is 4.98 Å². The molecule has 0 unspecified atom stereocenters. The number of rotatable bonds is 9. The van der Waals surface area contributed by atoms with Crippen LogP contribution in [0.15, 0.2) is 193 Å². The molecule has 0 N–H and O–H groups in total. The molecule has 8 heteroatoms. The van der Waals surface area contributed by atoms with E-state index in [1.54, 1.807) is 6.07 Å². The van der Waals surface area contributed by atoms with Gasteiger partial charge in [0.25, 0.3) is 0 Å². The summed E-state index contributed by atoms with van der Waals surface area (Å²) in [6.45, 7) is 28.2. The van der Waals surface area contributed by atoms with Crippen molar-refractivity contribution in [2.75, 3.05) is 9.80 Å². The largest absolute Gasteiger partial charge is 0.509 e. The van der Waals surface area contributed by atoms with Crippen LogP contribution in [-0.4, -0.2) is 9.55 Å². The average molecular weight is 1310 g/mol. The Morgan fingerprint density at radius 3 is 1.77 bits per heavy atom. The van der Waals surface area contributed by atoms with Crippen molar-refractivity contribution in [1.29, 1.82) is 5.26 Å². The Labute approximate surface area is 523 Å². The fourth-order valence-electron chi connectivity index (χ4n) is 11.8. The molecule has 86 heavy (non-hydrogen) atoms. The Kier molecular flexibility index (Phi) is 13.9. The minimum Gasteiger partial charge on any atom is -0.509 e. The van der Waals surface area contributed by atoms with Crippen LogP contribution in [0.25, 0.3) is 82.9 Å². The second-order valence-corrected chi connectivity index (χ2v) is 26.7. The minimum atomic E-state index is -1.82. The van der Waals surface area contributed by atoms with Gasteiger partial charge in [0.2, 0.25) is 0 Å². The predicted molar refractivity (Wildman–Crippen MR) is 352 cm³/mol. The maximum Gasteiger partial charge on any atom is 0.136 e. The molecule has 3 aromatic heterocycles. The average Bonchev–Trinajstić information content (AvgIpc) is 1.55. The number of ether oxygens (including phenoxy) is 1. The van der Waals surface area contributed by atoms with Gasteiger partial charge >= 0.3 is 0 Å². The van der Waals surface area contributed by atoms with Crippen molar-refractivity contribution >= 4 is 66.5 Å². The Bertz CT molecular complexity index is 4650. The van der Waals surface area contributed by atoms with Crippen LogP contribution in [0.4, 0.5) is 22.7 Å². The van der Waals surface area contributed by atoms with Gasteiger partial charge in [-0.15, -0.1) is 42.7 Å². The third kappa shape index (κ3) is 10.7. The first kappa shape index (κ1) is 55.2. The van der Waals surface area contributed by atoms with Gasteiger partial charge in [-0.2, -0.15) is 17.4 Å². The Hall–Kier alpha value is -8.69. The number of anilines is 4. The van der Waals surface area contributed by atoms with Gasteiger partial charge < -0.3 is 23.5 Å². The molecule has 0 radical (unpaired) electrons. The fraction of sp³-hybridized carbons (Fsp3) is 0.218. The van der Waals surface area contributed by atoms with Crippen molar-refractivity contribution in [3.8, 4) is 56.8 Å². The van der Waals surface area contributed by atoms with E-state index in [4.69, 9.17) is 14.1 Å². The van der Waals surface area contributed by atoms with Crippen molar-refractivity contribution in [1.82, 2.24) is 9.55 Å². The second-order valence-electron chi connectivity index (χ2n) is 26.7. The quantitative estimate of drug-likeness (QED) is 0.134. The van der Waals surface area contributed by atoms with Crippen molar-refractivity contribution in [2.24, 2.45) is 5.41 Å². The van der Waals surface area contributed by atoms with E-state index in [0.29, 0.717) is 45.1 Å². The normalized spacial score (nSPS) is 13.5. The van der Waals surface area contributed by atoms with Crippen LogP contribution in [0.1, 0.15) is 114 Å². The van der Waals surface area contributed by atoms with Crippen LogP contribution in [-0.2, 0) is 43.7 Å². The van der Waals surface area contributed by atoms with E-state index in [2.05, 4.69) is 235 Å². The van der Waals surface area contributed by atoms with Crippen molar-refractivity contribution < 1.29 is 33.0 Å². The molecular weight excluding hydrogens is 1230 g/mol. The van der Waals surface area contributed by atoms with Crippen molar-refractivity contribution in [2.45, 2.75) is 106 Å². The van der Waals surface area contributed by atoms with Crippen LogP contribution in [0.3, 0.4) is 0 Å². The number of aromatic nitrogens is 2. The second kappa shape index (κ2) is 21.7. The molecule has 0 atom stereocenters. The number of hydrogen-bond acceptors (Lipinski definition) is 6. The molecule has 0 amide bonds. The maximum absolute atomic E-state index is 10.0. The summed E-state index contributed by atoms with van der Waals surface area (Å²) in [7, 11) is 0. The van der Waals surface area contributed by atoms with Gasteiger partial charge in [-0.3, -0.25) is 0 Å². The molecule has 432 valence electrons. The van der Waals surface area contributed by atoms with Gasteiger partial charge in [0.15, 0.2) is 0 Å². The summed E-state index contributed by atoms with van der Waals surface area (Å²) in [6, 6.07) is 72.4. The Morgan fingerprint density at radius 2 is 1.15 bits per heavy atom. The third-order valence-corrected chi connectivity index (χ3v) is 16.2. The monoisotopic (exact) mass is 1310 g/mol. The number of fused-ring (bicyclic) bond motifs is 8. The van der Waals surface area contributed by atoms with Crippen LogP contribution in [0.2, 0.25) is 0 Å². The summed E-state index contributed by atoms with van der Waals surface area (Å²) < 4.78 is 35.7. The zero-order chi connectivity index (χ0) is 61.1. The number of pyridine rings is 1. The van der Waals surface area contributed by atoms with Crippen LogP contribution in [0, 0.1) is 35.5 Å². The molecule has 9 aromatic carbocycles. The Morgan fingerprint density at radius 1 is 0.570 bits per heavy atom. The summed E-state index contributed by atoms with van der Waals surface area (Å²) >= 11 is 0. The van der Waals surface area contributed by atoms with Crippen LogP contribution >= 0.6 is 0 Å². The molecule has 4 heterocycles. The molecule has 0 fully saturated rings. The molecule has 0 saturated carbocycles. The topological polar surface area (TPSA) is 70.5 Å². The van der Waals surface area contributed by atoms with Gasteiger partial charge in [-0.1, -0.05) is 185 Å². The molecule has 1 aliphatic rings. The number of benzene rings is 9. The third-order valence-electron chi connectivity index (χ3n) is 16.2. The molecule has 12 aromatic rings. The smallest absolute Gasteiger partial charge is 0.136 e. The van der Waals surface area contributed by atoms with E-state index < -0.39 is 11.8 Å². The zero-order valence-electron chi connectivity index (χ0n) is 52.8. The van der Waals surface area contributed by atoms with Crippen molar-refractivity contribution in [3.05, 3.63) is 235 Å². The minimum absolute atomic E-state index is 0. The summed E-state index contributed by atoms with van der Waals surface area (Å²) in [5.41, 5.74) is 16.1. The fourth-order valence-corrected chi connectivity index (χ4v) is 11.8. The van der Waals surface area contributed by atoms with E-state index in [1.165, 1.54) is 16.7 Å². The van der Waals surface area contributed by atoms with Crippen LogP contribution in [0.5, 0.6) is 11.5 Å². The first-order chi connectivity index (χ1) is 41.3. The van der Waals surface area contributed by atoms with E-state index in [1.807, 2.05) is 69.4 Å². The van der Waals surface area contributed by atoms with Gasteiger partial charge in [0, 0.05) is 91.5 Å². The summed E-state index contributed by atoms with van der Waals surface area (Å²) in [6.07, 6.45) is 0.0296. The number of nitriles is 1. The molecule has 0 aliphatic carbocycles. The molecule has 1 aliphatic heterocycles. The van der Waals surface area contributed by atoms with Crippen molar-refractivity contribution in [3.63, 3.8) is 0 Å². The number of hydrogen-bond donors (Lipinski definition) is 0. The standard InChI is InChI=1S/C78H70N5O2.Pt/c1-75(2,3)45-53-39-71(80-47-65(53)52-37-54(76(4,5)6)40-55(38-52)77(7,8)9)83-68-35-34-61-60-32-30-49(46-79)36-70(60)85-74(61)72(68)62-33-31-59(44-69(62)83)84-58-27-21-26-57(43-58)81-48-82(67-29-20-19-28-66(67)81)73-63(50-22-15-13-16-23-50)41-56(78(10,11)12)42-64(73)51-24-17-14-18-25-51;/h13-42,47-48H,45H2,1-12H3;/q-3;/i45D2;. The summed E-state index contributed by atoms with van der Waals surface area (Å²) in [5, 5.41) is 13.4. The first-order valence-corrected chi connectivity index (χ1v) is 29.3. The Balaban J connectivity index is 0.00000754. The number of para-hydroxylation sites is 2. The van der Waals surface area contributed by atoms with E-state index in [9.17, 15) is 8.00 Å². The zero-order valence-corrected chi connectivity index (χ0v) is 53.1. The van der Waals surface area contributed by atoms with Gasteiger partial charge in [0.1, 0.15) is 17.0 Å². The van der Waals surface area contributed by atoms with Crippen LogP contribution < -0.4 is 14.5 Å². The molecule has 0 bridgehead atoms. The molecule has 0 spiro atoms. The summed E-state index contributed by atoms with van der Waals surface area (Å²) in [5.74, 6) is 1.45. The molecule has 7 nitrogen and oxygen atoms in total. The first-order valence-electron chi connectivity index (χ1n) is 30.3. The van der Waals surface area contributed by atoms with E-state index in [-0.39, 0.29) is 37.3 Å². The predicted octanol–water partition coefficient (Wildman–Crippen LogP) is 21.2. The molecular formula is C78H70N5O2Pt-3. The summed E-state index contributed by atoms with van der Waals surface area (Å²) in [4.78, 5) is 9.81. The SMILES string of the molecule is [2H]C([2H])(c1cc(-n2c3[c-]c(Oc4[c-]c(N5[CH-]N(c6c(-c7ccccc7)cc(C(C)(C)C)cc6-c6ccccc6)c6ccccc65)ccc4)ccc3c3c4oc5cc(C#N)ccc5c4ccc32)ncc1-c1cc(C(C)(C)C)cc(C(C)(C)C)c1)C(C)(C)C.[Pt].